The SMILES string of the molecule is COC(=O)C(=O)c1cn2c3c(cccc13)CC(CO[Si](C)(C)C(C)(C)C)C2. The summed E-state index contributed by atoms with van der Waals surface area (Å²) < 4.78 is 13.2. The van der Waals surface area contributed by atoms with Crippen LogP contribution < -0.4 is 0 Å². The predicted octanol–water partition coefficient (Wildman–Crippen LogP) is 4.19. The molecule has 27 heavy (non-hydrogen) atoms. The Hall–Kier alpha value is -1.92. The predicted molar refractivity (Wildman–Crippen MR) is 109 cm³/mol. The van der Waals surface area contributed by atoms with Crippen LogP contribution in [0.3, 0.4) is 0 Å². The highest BCUT2D eigenvalue weighted by Crippen LogP contribution is 2.38. The van der Waals surface area contributed by atoms with E-state index in [2.05, 4.69) is 49.2 Å². The number of aromatic nitrogens is 1. The summed E-state index contributed by atoms with van der Waals surface area (Å²) in [6, 6.07) is 5.95. The Kier molecular flexibility index (Phi) is 5.07. The number of hydrogen-bond acceptors (Lipinski definition) is 4. The van der Waals surface area contributed by atoms with Gasteiger partial charge in [0.1, 0.15) is 0 Å². The van der Waals surface area contributed by atoms with E-state index < -0.39 is 20.1 Å². The number of para-hydroxylation sites is 1. The molecule has 1 aromatic carbocycles. The number of benzene rings is 1. The Balaban J connectivity index is 1.87. The molecule has 0 saturated carbocycles. The van der Waals surface area contributed by atoms with E-state index in [1.807, 2.05) is 12.1 Å². The lowest BCUT2D eigenvalue weighted by Gasteiger charge is -2.38. The normalized spacial score (nSPS) is 17.2. The van der Waals surface area contributed by atoms with Gasteiger partial charge in [-0.2, -0.15) is 0 Å². The second-order valence-corrected chi connectivity index (χ2v) is 13.8. The van der Waals surface area contributed by atoms with Crippen LogP contribution in [0.2, 0.25) is 18.1 Å². The summed E-state index contributed by atoms with van der Waals surface area (Å²) in [5, 5.41) is 1.01. The van der Waals surface area contributed by atoms with Gasteiger partial charge >= 0.3 is 5.97 Å². The topological polar surface area (TPSA) is 57.5 Å². The first kappa shape index (κ1) is 19.8. The first-order valence-electron chi connectivity index (χ1n) is 9.42. The van der Waals surface area contributed by atoms with Crippen LogP contribution in [0, 0.1) is 5.92 Å². The summed E-state index contributed by atoms with van der Waals surface area (Å²) in [7, 11) is -0.567. The minimum Gasteiger partial charge on any atom is -0.463 e. The number of carbonyl (C=O) groups excluding carboxylic acids is 2. The smallest absolute Gasteiger partial charge is 0.379 e. The van der Waals surface area contributed by atoms with Crippen molar-refractivity contribution in [2.75, 3.05) is 13.7 Å². The highest BCUT2D eigenvalue weighted by atomic mass is 28.4. The van der Waals surface area contributed by atoms with Crippen molar-refractivity contribution in [1.29, 1.82) is 0 Å². The molecule has 1 aliphatic rings. The number of esters is 1. The van der Waals surface area contributed by atoms with Gasteiger partial charge in [-0.25, -0.2) is 4.79 Å². The van der Waals surface area contributed by atoms with Crippen molar-refractivity contribution in [3.8, 4) is 0 Å². The molecule has 0 N–H and O–H groups in total. The lowest BCUT2D eigenvalue weighted by Crippen LogP contribution is -2.42. The zero-order valence-electron chi connectivity index (χ0n) is 17.1. The number of nitrogens with zero attached hydrogens (tertiary/aromatic N) is 1. The quantitative estimate of drug-likeness (QED) is 0.334. The largest absolute Gasteiger partial charge is 0.463 e. The molecule has 0 aliphatic carbocycles. The van der Waals surface area contributed by atoms with Gasteiger partial charge in [0.15, 0.2) is 8.32 Å². The third-order valence-corrected chi connectivity index (χ3v) is 10.5. The third-order valence-electron chi connectivity index (χ3n) is 6.05. The summed E-state index contributed by atoms with van der Waals surface area (Å²) in [5.74, 6) is -1.06. The summed E-state index contributed by atoms with van der Waals surface area (Å²) in [4.78, 5) is 24.1. The Labute approximate surface area is 161 Å². The van der Waals surface area contributed by atoms with Crippen LogP contribution in [0.25, 0.3) is 10.9 Å². The van der Waals surface area contributed by atoms with Gasteiger partial charge < -0.3 is 13.7 Å². The van der Waals surface area contributed by atoms with Crippen molar-refractivity contribution in [2.24, 2.45) is 5.92 Å². The molecule has 3 rings (SSSR count). The van der Waals surface area contributed by atoms with Crippen LogP contribution in [0.5, 0.6) is 0 Å². The van der Waals surface area contributed by atoms with Gasteiger partial charge in [0, 0.05) is 30.7 Å². The lowest BCUT2D eigenvalue weighted by molar-refractivity contribution is -0.135. The second-order valence-electron chi connectivity index (χ2n) is 8.97. The van der Waals surface area contributed by atoms with Gasteiger partial charge in [0.25, 0.3) is 5.78 Å². The Bertz CT molecular complexity index is 891. The van der Waals surface area contributed by atoms with Gasteiger partial charge in [0.05, 0.1) is 18.2 Å². The highest BCUT2D eigenvalue weighted by molar-refractivity contribution is 6.74. The van der Waals surface area contributed by atoms with Crippen molar-refractivity contribution >= 4 is 31.0 Å². The maximum absolute atomic E-state index is 12.4. The zero-order chi connectivity index (χ0) is 20.0. The first-order valence-corrected chi connectivity index (χ1v) is 12.3. The van der Waals surface area contributed by atoms with Crippen LogP contribution in [0.15, 0.2) is 24.4 Å². The van der Waals surface area contributed by atoms with Crippen LogP contribution in [0.1, 0.15) is 36.7 Å². The summed E-state index contributed by atoms with van der Waals surface area (Å²) in [6.45, 7) is 12.8. The van der Waals surface area contributed by atoms with Crippen LogP contribution in [0.4, 0.5) is 0 Å². The summed E-state index contributed by atoms with van der Waals surface area (Å²) in [5.41, 5.74) is 2.67. The van der Waals surface area contributed by atoms with Crippen molar-refractivity contribution in [3.63, 3.8) is 0 Å². The third kappa shape index (κ3) is 3.60. The van der Waals surface area contributed by atoms with Gasteiger partial charge in [0.2, 0.25) is 0 Å². The molecule has 0 spiro atoms. The van der Waals surface area contributed by atoms with Crippen LogP contribution >= 0.6 is 0 Å². The van der Waals surface area contributed by atoms with Crippen LogP contribution in [-0.2, 0) is 26.9 Å². The summed E-state index contributed by atoms with van der Waals surface area (Å²) in [6.07, 6.45) is 2.72. The Morgan fingerprint density at radius 3 is 2.59 bits per heavy atom. The van der Waals surface area contributed by atoms with E-state index in [-0.39, 0.29) is 5.04 Å². The fraction of sp³-hybridized carbons (Fsp3) is 0.524. The fourth-order valence-corrected chi connectivity index (χ4v) is 4.52. The molecule has 1 atom stereocenters. The lowest BCUT2D eigenvalue weighted by atomic mass is 9.94. The maximum Gasteiger partial charge on any atom is 0.379 e. The number of carbonyl (C=O) groups is 2. The Morgan fingerprint density at radius 1 is 1.26 bits per heavy atom. The van der Waals surface area contributed by atoms with Crippen molar-refractivity contribution < 1.29 is 18.8 Å². The van der Waals surface area contributed by atoms with Crippen molar-refractivity contribution in [1.82, 2.24) is 4.57 Å². The molecule has 6 heteroatoms. The standard InChI is InChI=1S/C21H29NO4Si/c1-21(2,3)27(5,6)26-13-14-10-15-8-7-9-16-17(19(23)20(24)25-4)12-22(11-14)18(15)16/h7-9,12,14H,10-11,13H2,1-6H3. The maximum atomic E-state index is 12.4. The minimum absolute atomic E-state index is 0.181. The van der Waals surface area contributed by atoms with Crippen LogP contribution in [-0.4, -0.2) is 38.4 Å². The van der Waals surface area contributed by atoms with E-state index in [9.17, 15) is 9.59 Å². The number of hydrogen-bond donors (Lipinski definition) is 0. The van der Waals surface area contributed by atoms with E-state index in [0.717, 1.165) is 23.9 Å². The minimum atomic E-state index is -1.80. The Morgan fingerprint density at radius 2 is 1.96 bits per heavy atom. The molecule has 1 unspecified atom stereocenters. The molecule has 2 heterocycles. The molecule has 0 bridgehead atoms. The number of Topliss-reactive ketones (excluding diaryl/α,β-unsaturated/α-hetero) is 1. The molecular formula is C21H29NO4Si. The van der Waals surface area contributed by atoms with Gasteiger partial charge in [-0.05, 0) is 30.1 Å². The average Bonchev–Trinajstić information content (AvgIpc) is 2.98. The molecule has 146 valence electrons. The van der Waals surface area contributed by atoms with Gasteiger partial charge in [-0.1, -0.05) is 39.0 Å². The van der Waals surface area contributed by atoms with E-state index >= 15 is 0 Å². The molecule has 0 fully saturated rings. The molecular weight excluding hydrogens is 358 g/mol. The average molecular weight is 388 g/mol. The molecule has 1 aromatic heterocycles. The van der Waals surface area contributed by atoms with E-state index in [4.69, 9.17) is 4.43 Å². The fourth-order valence-electron chi connectivity index (χ4n) is 3.44. The first-order chi connectivity index (χ1) is 12.5. The van der Waals surface area contributed by atoms with E-state index in [1.165, 1.54) is 12.7 Å². The monoisotopic (exact) mass is 387 g/mol. The van der Waals surface area contributed by atoms with Crippen molar-refractivity contribution in [3.05, 3.63) is 35.5 Å². The molecule has 5 nitrogen and oxygen atoms in total. The molecule has 0 saturated heterocycles. The van der Waals surface area contributed by atoms with E-state index in [0.29, 0.717) is 18.1 Å². The molecule has 0 radical (unpaired) electrons. The zero-order valence-corrected chi connectivity index (χ0v) is 18.1. The second kappa shape index (κ2) is 6.91. The summed E-state index contributed by atoms with van der Waals surface area (Å²) >= 11 is 0. The van der Waals surface area contributed by atoms with Gasteiger partial charge in [-0.15, -0.1) is 0 Å². The molecule has 2 aromatic rings. The molecule has 1 aliphatic heterocycles. The number of methoxy groups -OCH3 is 1. The number of ketones is 1. The molecule has 0 amide bonds. The number of ether oxygens (including phenoxy) is 1. The van der Waals surface area contributed by atoms with E-state index in [1.54, 1.807) is 6.20 Å². The van der Waals surface area contributed by atoms with Gasteiger partial charge in [-0.3, -0.25) is 4.79 Å². The van der Waals surface area contributed by atoms with Crippen molar-refractivity contribution in [2.45, 2.75) is 51.9 Å². The number of rotatable bonds is 5. The highest BCUT2D eigenvalue weighted by Gasteiger charge is 2.38.